The van der Waals surface area contributed by atoms with Crippen LogP contribution in [0.15, 0.2) is 48.7 Å². The Balaban J connectivity index is 1.22. The first kappa shape index (κ1) is 22.9. The highest BCUT2D eigenvalue weighted by atomic mass is 35.5. The predicted octanol–water partition coefficient (Wildman–Crippen LogP) is 1.29. The van der Waals surface area contributed by atoms with Gasteiger partial charge in [-0.3, -0.25) is 9.36 Å². The van der Waals surface area contributed by atoms with Gasteiger partial charge in [0, 0.05) is 44.5 Å². The van der Waals surface area contributed by atoms with E-state index in [0.29, 0.717) is 43.6 Å². The highest BCUT2D eigenvalue weighted by Gasteiger charge is 2.30. The Morgan fingerprint density at radius 3 is 2.97 bits per heavy atom. The Morgan fingerprint density at radius 1 is 1.26 bits per heavy atom. The third-order valence-electron chi connectivity index (χ3n) is 5.70. The molecule has 1 unspecified atom stereocenters. The first-order valence-electron chi connectivity index (χ1n) is 11.0. The molecule has 2 aromatic heterocycles. The minimum absolute atomic E-state index is 0.0788. The van der Waals surface area contributed by atoms with Crippen molar-refractivity contribution in [1.29, 1.82) is 0 Å². The maximum Gasteiger partial charge on any atom is 0.238 e. The molecule has 2 N–H and O–H groups in total. The number of hydrogen-bond donors (Lipinski definition) is 2. The number of amides is 1. The van der Waals surface area contributed by atoms with E-state index in [-0.39, 0.29) is 30.0 Å². The predicted molar refractivity (Wildman–Crippen MR) is 126 cm³/mol. The lowest BCUT2D eigenvalue weighted by molar-refractivity contribution is -0.121. The van der Waals surface area contributed by atoms with Crippen LogP contribution in [0.1, 0.15) is 12.0 Å². The van der Waals surface area contributed by atoms with Gasteiger partial charge < -0.3 is 25.0 Å². The van der Waals surface area contributed by atoms with Crippen molar-refractivity contribution >= 4 is 29.3 Å². The van der Waals surface area contributed by atoms with E-state index in [1.807, 2.05) is 24.1 Å². The maximum atomic E-state index is 12.6. The first-order chi connectivity index (χ1) is 17.1. The van der Waals surface area contributed by atoms with Crippen molar-refractivity contribution in [1.82, 2.24) is 30.2 Å². The van der Waals surface area contributed by atoms with Crippen LogP contribution in [0.5, 0.6) is 11.5 Å². The number of anilines is 1. The number of piperazine rings is 1. The lowest BCUT2D eigenvalue weighted by Crippen LogP contribution is -2.51. The first-order valence-corrected chi connectivity index (χ1v) is 11.4. The van der Waals surface area contributed by atoms with Gasteiger partial charge in [0.15, 0.2) is 11.5 Å². The van der Waals surface area contributed by atoms with Crippen molar-refractivity contribution in [2.24, 2.45) is 0 Å². The largest absolute Gasteiger partial charge is 0.454 e. The molecule has 1 aromatic carbocycles. The minimum atomic E-state index is -0.516. The monoisotopic (exact) mass is 495 g/mol. The number of imidazole rings is 1. The number of nitrogens with one attached hydrogen (secondary N) is 2. The Labute approximate surface area is 205 Å². The Hall–Kier alpha value is -3.92. The summed E-state index contributed by atoms with van der Waals surface area (Å²) in [6.45, 7) is 1.68. The second-order valence-corrected chi connectivity index (χ2v) is 8.34. The van der Waals surface area contributed by atoms with Crippen LogP contribution >= 0.6 is 11.6 Å². The van der Waals surface area contributed by atoms with Gasteiger partial charge in [0.05, 0.1) is 6.04 Å². The van der Waals surface area contributed by atoms with Crippen LogP contribution in [0, 0.1) is 0 Å². The lowest BCUT2D eigenvalue weighted by Gasteiger charge is -2.34. The number of hydrogen-bond acceptors (Lipinski definition) is 9. The third kappa shape index (κ3) is 5.12. The standard InChI is InChI=1S/C23H22ClN7O4/c24-20-11-21(29-23(28-20)30-7-5-25-13-30)31-8-6-26-16(17(31)12-32)10-22(33)27-4-3-15-1-2-18-19(9-15)35-14-34-18/h1-2,5,7,9,11,13,16,26H,3-4,6,8,10,14H2,(H,27,33). The molecule has 1 saturated heterocycles. The Morgan fingerprint density at radius 2 is 2.14 bits per heavy atom. The van der Waals surface area contributed by atoms with Crippen molar-refractivity contribution in [3.05, 3.63) is 59.4 Å². The summed E-state index contributed by atoms with van der Waals surface area (Å²) in [5.41, 5.74) is 1.31. The summed E-state index contributed by atoms with van der Waals surface area (Å²) in [5.74, 6) is 4.01. The summed E-state index contributed by atoms with van der Waals surface area (Å²) in [5, 5.41) is 6.35. The number of carbonyl (C=O) groups is 1. The summed E-state index contributed by atoms with van der Waals surface area (Å²) < 4.78 is 12.3. The van der Waals surface area contributed by atoms with Gasteiger partial charge in [0.2, 0.25) is 18.6 Å². The van der Waals surface area contributed by atoms with Gasteiger partial charge >= 0.3 is 0 Å². The van der Waals surface area contributed by atoms with Gasteiger partial charge in [0.25, 0.3) is 0 Å². The SMILES string of the molecule is O=C=C1C(CC(=O)NCCc2ccc3c(c2)OCO3)NCCN1c1cc(Cl)nc(-n2ccnc2)n1. The molecule has 0 radical (unpaired) electrons. The molecular formula is C23H22ClN7O4. The minimum Gasteiger partial charge on any atom is -0.454 e. The molecule has 1 atom stereocenters. The second kappa shape index (κ2) is 10.1. The van der Waals surface area contributed by atoms with E-state index < -0.39 is 6.04 Å². The molecule has 1 amide bonds. The van der Waals surface area contributed by atoms with Crippen LogP contribution in [0.25, 0.3) is 5.95 Å². The van der Waals surface area contributed by atoms with Crippen LogP contribution in [0.2, 0.25) is 5.15 Å². The van der Waals surface area contributed by atoms with E-state index in [4.69, 9.17) is 21.1 Å². The smallest absolute Gasteiger partial charge is 0.238 e. The van der Waals surface area contributed by atoms with E-state index in [1.165, 1.54) is 0 Å². The van der Waals surface area contributed by atoms with Crippen molar-refractivity contribution in [3.8, 4) is 17.4 Å². The molecule has 0 bridgehead atoms. The summed E-state index contributed by atoms with van der Waals surface area (Å²) in [7, 11) is 0. The number of ether oxygens (including phenoxy) is 2. The number of halogens is 1. The third-order valence-corrected chi connectivity index (χ3v) is 5.89. The molecule has 1 fully saturated rings. The van der Waals surface area contributed by atoms with E-state index in [1.54, 1.807) is 34.3 Å². The van der Waals surface area contributed by atoms with E-state index in [2.05, 4.69) is 25.6 Å². The molecule has 35 heavy (non-hydrogen) atoms. The van der Waals surface area contributed by atoms with Crippen molar-refractivity contribution in [3.63, 3.8) is 0 Å². The Kier molecular flexibility index (Phi) is 6.62. The van der Waals surface area contributed by atoms with Gasteiger partial charge in [-0.05, 0) is 24.1 Å². The molecule has 4 heterocycles. The van der Waals surface area contributed by atoms with Crippen molar-refractivity contribution in [2.75, 3.05) is 31.3 Å². The van der Waals surface area contributed by atoms with Gasteiger partial charge in [-0.1, -0.05) is 17.7 Å². The topological polar surface area (TPSA) is 124 Å². The molecule has 2 aliphatic heterocycles. The fourth-order valence-corrected chi connectivity index (χ4v) is 4.19. The van der Waals surface area contributed by atoms with E-state index >= 15 is 0 Å². The maximum absolute atomic E-state index is 12.6. The number of carbonyl (C=O) groups excluding carboxylic acids is 2. The van der Waals surface area contributed by atoms with Crippen molar-refractivity contribution in [2.45, 2.75) is 18.9 Å². The average molecular weight is 496 g/mol. The molecule has 12 heteroatoms. The summed E-state index contributed by atoms with van der Waals surface area (Å²) in [6.07, 6.45) is 5.57. The molecule has 0 saturated carbocycles. The quantitative estimate of drug-likeness (QED) is 0.368. The normalized spacial score (nSPS) is 16.8. The molecule has 3 aromatic rings. The van der Waals surface area contributed by atoms with Crippen LogP contribution in [-0.4, -0.2) is 63.8 Å². The van der Waals surface area contributed by atoms with Gasteiger partial charge in [0.1, 0.15) is 28.9 Å². The number of benzene rings is 1. The number of nitrogens with zero attached hydrogens (tertiary/aromatic N) is 5. The molecule has 5 rings (SSSR count). The molecule has 11 nitrogen and oxygen atoms in total. The lowest BCUT2D eigenvalue weighted by atomic mass is 10.1. The molecule has 0 spiro atoms. The average Bonchev–Trinajstić information content (AvgIpc) is 3.55. The fourth-order valence-electron chi connectivity index (χ4n) is 4.01. The molecule has 180 valence electrons. The fraction of sp³-hybridized carbons (Fsp3) is 0.304. The summed E-state index contributed by atoms with van der Waals surface area (Å²) in [4.78, 5) is 39.0. The van der Waals surface area contributed by atoms with Crippen LogP contribution < -0.4 is 25.0 Å². The summed E-state index contributed by atoms with van der Waals surface area (Å²) >= 11 is 6.22. The van der Waals surface area contributed by atoms with Gasteiger partial charge in [-0.25, -0.2) is 14.8 Å². The van der Waals surface area contributed by atoms with E-state index in [9.17, 15) is 9.59 Å². The highest BCUT2D eigenvalue weighted by Crippen LogP contribution is 2.32. The van der Waals surface area contributed by atoms with Gasteiger partial charge in [-0.15, -0.1) is 0 Å². The number of aromatic nitrogens is 4. The zero-order valence-corrected chi connectivity index (χ0v) is 19.4. The van der Waals surface area contributed by atoms with Crippen molar-refractivity contribution < 1.29 is 19.1 Å². The Bertz CT molecular complexity index is 1280. The van der Waals surface area contributed by atoms with E-state index in [0.717, 1.165) is 11.3 Å². The molecule has 0 aliphatic carbocycles. The van der Waals surface area contributed by atoms with Crippen LogP contribution in [0.4, 0.5) is 5.82 Å². The summed E-state index contributed by atoms with van der Waals surface area (Å²) in [6, 6.07) is 6.77. The number of rotatable bonds is 7. The van der Waals surface area contributed by atoms with Crippen LogP contribution in [0.3, 0.4) is 0 Å². The zero-order chi connectivity index (χ0) is 24.2. The van der Waals surface area contributed by atoms with Gasteiger partial charge in [-0.2, -0.15) is 4.98 Å². The number of fused-ring (bicyclic) bond motifs is 1. The second-order valence-electron chi connectivity index (χ2n) is 7.96. The molecular weight excluding hydrogens is 474 g/mol. The van der Waals surface area contributed by atoms with Crippen LogP contribution in [-0.2, 0) is 16.0 Å². The molecule has 2 aliphatic rings. The zero-order valence-electron chi connectivity index (χ0n) is 18.6. The highest BCUT2D eigenvalue weighted by molar-refractivity contribution is 6.29.